The Bertz CT molecular complexity index is 1010. The third-order valence-corrected chi connectivity index (χ3v) is 6.15. The highest BCUT2D eigenvalue weighted by atomic mass is 32.1. The molecule has 1 fully saturated rings. The Balaban J connectivity index is 1.72. The van der Waals surface area contributed by atoms with E-state index in [1.807, 2.05) is 30.3 Å². The SMILES string of the molecule is CC(=O)C(Cc1ccccc1)C(=S)NCC(=O)N1C(c2cccc(O)c2)CC[C@H]1C(=O)O. The molecular formula is C24H26N2O5S. The minimum Gasteiger partial charge on any atom is -0.508 e. The number of amides is 1. The molecule has 8 heteroatoms. The Morgan fingerprint density at radius 1 is 1.12 bits per heavy atom. The number of rotatable bonds is 8. The first-order chi connectivity index (χ1) is 15.3. The van der Waals surface area contributed by atoms with E-state index in [1.165, 1.54) is 17.9 Å². The van der Waals surface area contributed by atoms with E-state index >= 15 is 0 Å². The van der Waals surface area contributed by atoms with Gasteiger partial charge < -0.3 is 20.4 Å². The van der Waals surface area contributed by atoms with E-state index in [-0.39, 0.29) is 23.1 Å². The second-order valence-electron chi connectivity index (χ2n) is 7.91. The monoisotopic (exact) mass is 454 g/mol. The number of likely N-dealkylation sites (tertiary alicyclic amines) is 1. The molecule has 1 aliphatic rings. The van der Waals surface area contributed by atoms with Gasteiger partial charge in [0.05, 0.1) is 23.5 Å². The van der Waals surface area contributed by atoms with Gasteiger partial charge in [0.2, 0.25) is 5.91 Å². The van der Waals surface area contributed by atoms with Crippen LogP contribution in [0.25, 0.3) is 0 Å². The Kier molecular flexibility index (Phi) is 7.58. The molecule has 0 spiro atoms. The molecule has 0 bridgehead atoms. The van der Waals surface area contributed by atoms with Gasteiger partial charge in [-0.1, -0.05) is 54.7 Å². The van der Waals surface area contributed by atoms with Crippen LogP contribution >= 0.6 is 12.2 Å². The molecule has 2 unspecified atom stereocenters. The number of aromatic hydroxyl groups is 1. The number of phenolic OH excluding ortho intramolecular Hbond substituents is 1. The van der Waals surface area contributed by atoms with Crippen molar-refractivity contribution in [2.24, 2.45) is 5.92 Å². The summed E-state index contributed by atoms with van der Waals surface area (Å²) in [6, 6.07) is 14.5. The molecule has 0 radical (unpaired) electrons. The third-order valence-electron chi connectivity index (χ3n) is 5.72. The predicted octanol–water partition coefficient (Wildman–Crippen LogP) is 2.87. The van der Waals surface area contributed by atoms with E-state index in [9.17, 15) is 24.6 Å². The first-order valence-electron chi connectivity index (χ1n) is 10.4. The molecule has 32 heavy (non-hydrogen) atoms. The van der Waals surface area contributed by atoms with Crippen molar-refractivity contribution in [3.05, 3.63) is 65.7 Å². The third kappa shape index (κ3) is 5.50. The van der Waals surface area contributed by atoms with E-state index in [1.54, 1.807) is 18.2 Å². The molecule has 1 amide bonds. The summed E-state index contributed by atoms with van der Waals surface area (Å²) < 4.78 is 0. The number of nitrogens with one attached hydrogen (secondary N) is 1. The number of Topliss-reactive ketones (excluding diaryl/α,β-unsaturated/α-hetero) is 1. The fourth-order valence-corrected chi connectivity index (χ4v) is 4.43. The van der Waals surface area contributed by atoms with Gasteiger partial charge in [0.1, 0.15) is 17.6 Å². The van der Waals surface area contributed by atoms with Crippen LogP contribution in [0, 0.1) is 5.92 Å². The highest BCUT2D eigenvalue weighted by Gasteiger charge is 2.41. The summed E-state index contributed by atoms with van der Waals surface area (Å²) in [5.41, 5.74) is 1.63. The van der Waals surface area contributed by atoms with Crippen molar-refractivity contribution in [1.29, 1.82) is 0 Å². The molecule has 1 heterocycles. The number of ketones is 1. The number of carbonyl (C=O) groups is 3. The maximum absolute atomic E-state index is 13.1. The molecule has 7 nitrogen and oxygen atoms in total. The predicted molar refractivity (Wildman–Crippen MR) is 123 cm³/mol. The molecule has 168 valence electrons. The maximum Gasteiger partial charge on any atom is 0.326 e. The lowest BCUT2D eigenvalue weighted by Gasteiger charge is -2.29. The molecule has 3 rings (SSSR count). The first-order valence-corrected chi connectivity index (χ1v) is 10.8. The van der Waals surface area contributed by atoms with Crippen LogP contribution in [0.2, 0.25) is 0 Å². The van der Waals surface area contributed by atoms with Gasteiger partial charge in [-0.25, -0.2) is 4.79 Å². The molecule has 0 saturated carbocycles. The van der Waals surface area contributed by atoms with Gasteiger partial charge in [-0.05, 0) is 49.4 Å². The maximum atomic E-state index is 13.1. The van der Waals surface area contributed by atoms with Crippen LogP contribution in [0.5, 0.6) is 5.75 Å². The van der Waals surface area contributed by atoms with Crippen LogP contribution in [0.15, 0.2) is 54.6 Å². The Labute approximate surface area is 192 Å². The second-order valence-corrected chi connectivity index (χ2v) is 8.35. The van der Waals surface area contributed by atoms with Gasteiger partial charge in [-0.15, -0.1) is 0 Å². The van der Waals surface area contributed by atoms with Gasteiger partial charge in [0.15, 0.2) is 0 Å². The number of benzene rings is 2. The topological polar surface area (TPSA) is 107 Å². The fraction of sp³-hybridized carbons (Fsp3) is 0.333. The van der Waals surface area contributed by atoms with Crippen molar-refractivity contribution in [3.8, 4) is 5.75 Å². The van der Waals surface area contributed by atoms with Gasteiger partial charge >= 0.3 is 5.97 Å². The van der Waals surface area contributed by atoms with Crippen molar-refractivity contribution < 1.29 is 24.6 Å². The number of nitrogens with zero attached hydrogens (tertiary/aromatic N) is 1. The molecule has 3 atom stereocenters. The van der Waals surface area contributed by atoms with Crippen LogP contribution in [-0.2, 0) is 20.8 Å². The van der Waals surface area contributed by atoms with Crippen molar-refractivity contribution in [2.75, 3.05) is 6.54 Å². The molecule has 0 aromatic heterocycles. The van der Waals surface area contributed by atoms with Crippen LogP contribution in [0.4, 0.5) is 0 Å². The fourth-order valence-electron chi connectivity index (χ4n) is 4.11. The summed E-state index contributed by atoms with van der Waals surface area (Å²) >= 11 is 5.41. The standard InChI is InChI=1S/C24H26N2O5S/c1-15(27)19(12-16-6-3-2-4-7-16)23(32)25-14-22(29)26-20(10-11-21(26)24(30)31)17-8-5-9-18(28)13-17/h2-9,13,19-21,28H,10-12,14H2,1H3,(H,25,32)(H,30,31)/t19?,20?,21-/m0/s1. The smallest absolute Gasteiger partial charge is 0.326 e. The molecule has 1 aliphatic heterocycles. The summed E-state index contributed by atoms with van der Waals surface area (Å²) in [7, 11) is 0. The van der Waals surface area contributed by atoms with E-state index in [0.29, 0.717) is 24.8 Å². The number of phenols is 1. The quantitative estimate of drug-likeness (QED) is 0.527. The van der Waals surface area contributed by atoms with Crippen molar-refractivity contribution in [3.63, 3.8) is 0 Å². The van der Waals surface area contributed by atoms with Crippen LogP contribution < -0.4 is 5.32 Å². The zero-order chi connectivity index (χ0) is 23.3. The molecule has 0 aliphatic carbocycles. The van der Waals surface area contributed by atoms with Gasteiger partial charge in [-0.2, -0.15) is 0 Å². The Hall–Kier alpha value is -3.26. The molecule has 2 aromatic carbocycles. The molecular weight excluding hydrogens is 428 g/mol. The van der Waals surface area contributed by atoms with Gasteiger partial charge in [-0.3, -0.25) is 9.59 Å². The number of hydrogen-bond donors (Lipinski definition) is 3. The largest absolute Gasteiger partial charge is 0.508 e. The van der Waals surface area contributed by atoms with E-state index in [4.69, 9.17) is 12.2 Å². The summed E-state index contributed by atoms with van der Waals surface area (Å²) in [5, 5.41) is 22.3. The normalized spacial score (nSPS) is 18.7. The van der Waals surface area contributed by atoms with Gasteiger partial charge in [0, 0.05) is 0 Å². The molecule has 2 aromatic rings. The summed E-state index contributed by atoms with van der Waals surface area (Å²) in [6.07, 6.45) is 1.21. The second kappa shape index (κ2) is 10.4. The lowest BCUT2D eigenvalue weighted by molar-refractivity contribution is -0.149. The van der Waals surface area contributed by atoms with Crippen LogP contribution in [-0.4, -0.2) is 50.3 Å². The van der Waals surface area contributed by atoms with E-state index < -0.39 is 29.9 Å². The number of aliphatic carboxylic acids is 1. The summed E-state index contributed by atoms with van der Waals surface area (Å²) in [6.45, 7) is 1.25. The first kappa shape index (κ1) is 23.4. The lowest BCUT2D eigenvalue weighted by Crippen LogP contribution is -2.47. The average molecular weight is 455 g/mol. The summed E-state index contributed by atoms with van der Waals surface area (Å²) in [5.74, 6) is -2.13. The molecule has 1 saturated heterocycles. The van der Waals surface area contributed by atoms with Crippen molar-refractivity contribution >= 4 is 34.9 Å². The summed E-state index contributed by atoms with van der Waals surface area (Å²) in [4.78, 5) is 38.6. The number of carbonyl (C=O) groups excluding carboxylic acids is 2. The number of thiocarbonyl (C=S) groups is 1. The number of carboxylic acids is 1. The van der Waals surface area contributed by atoms with E-state index in [0.717, 1.165) is 5.56 Å². The molecule has 3 N–H and O–H groups in total. The highest BCUT2D eigenvalue weighted by Crippen LogP contribution is 2.37. The van der Waals surface area contributed by atoms with Crippen LogP contribution in [0.3, 0.4) is 0 Å². The Morgan fingerprint density at radius 2 is 1.84 bits per heavy atom. The average Bonchev–Trinajstić information content (AvgIpc) is 3.22. The highest BCUT2D eigenvalue weighted by molar-refractivity contribution is 7.80. The minimum absolute atomic E-state index is 0.0539. The zero-order valence-corrected chi connectivity index (χ0v) is 18.5. The zero-order valence-electron chi connectivity index (χ0n) is 17.7. The van der Waals surface area contributed by atoms with Gasteiger partial charge in [0.25, 0.3) is 0 Å². The lowest BCUT2D eigenvalue weighted by atomic mass is 9.95. The Morgan fingerprint density at radius 3 is 2.47 bits per heavy atom. The number of hydrogen-bond acceptors (Lipinski definition) is 5. The van der Waals surface area contributed by atoms with E-state index in [2.05, 4.69) is 5.32 Å². The number of carboxylic acid groups (broad SMARTS) is 1. The van der Waals surface area contributed by atoms with Crippen molar-refractivity contribution in [1.82, 2.24) is 10.2 Å². The minimum atomic E-state index is -1.07. The van der Waals surface area contributed by atoms with Crippen molar-refractivity contribution in [2.45, 2.75) is 38.3 Å². The van der Waals surface area contributed by atoms with Crippen LogP contribution in [0.1, 0.15) is 36.9 Å².